The maximum Gasteiger partial charge on any atom is 0.345 e. The van der Waals surface area contributed by atoms with Crippen molar-refractivity contribution >= 4 is 23.5 Å². The van der Waals surface area contributed by atoms with Crippen LogP contribution in [0.1, 0.15) is 17.9 Å². The first-order chi connectivity index (χ1) is 13.5. The number of fused-ring (bicyclic) bond motifs is 1. The molecule has 7 nitrogen and oxygen atoms in total. The van der Waals surface area contributed by atoms with Gasteiger partial charge in [-0.25, -0.2) is 4.79 Å². The number of ether oxygens (including phenoxy) is 2. The quantitative estimate of drug-likeness (QED) is 0.819. The van der Waals surface area contributed by atoms with Gasteiger partial charge in [-0.3, -0.25) is 9.69 Å². The van der Waals surface area contributed by atoms with E-state index >= 15 is 0 Å². The number of carbonyl (C=O) groups is 2. The van der Waals surface area contributed by atoms with Crippen molar-refractivity contribution in [2.75, 3.05) is 26.2 Å². The van der Waals surface area contributed by atoms with Crippen molar-refractivity contribution in [2.24, 2.45) is 4.99 Å². The summed E-state index contributed by atoms with van der Waals surface area (Å²) in [6.45, 7) is 0. The first-order valence-electron chi connectivity index (χ1n) is 9.00. The lowest BCUT2D eigenvalue weighted by atomic mass is 9.83. The molecule has 1 fully saturated rings. The number of benzene rings is 2. The Morgan fingerprint density at radius 1 is 0.929 bits per heavy atom. The Labute approximate surface area is 163 Å². The van der Waals surface area contributed by atoms with E-state index in [1.807, 2.05) is 24.3 Å². The monoisotopic (exact) mass is 379 g/mol. The van der Waals surface area contributed by atoms with Gasteiger partial charge < -0.3 is 14.4 Å². The van der Waals surface area contributed by atoms with Gasteiger partial charge in [-0.2, -0.15) is 4.99 Å². The van der Waals surface area contributed by atoms with Crippen LogP contribution < -0.4 is 14.4 Å². The van der Waals surface area contributed by atoms with Crippen molar-refractivity contribution in [2.45, 2.75) is 18.4 Å². The lowest BCUT2D eigenvalue weighted by molar-refractivity contribution is -0.118. The summed E-state index contributed by atoms with van der Waals surface area (Å²) in [4.78, 5) is 32.8. The standard InChI is InChI=1S/C21H21N3O4/c1-23-19-17(13-4-8-15(27-2)9-5-13)12-18(25)24(20(19)22-21(23)26)14-6-10-16(28-3)11-7-14/h4-11,17,19H,12H2,1-3H3/t17-,19+/m0/s1. The summed E-state index contributed by atoms with van der Waals surface area (Å²) in [7, 11) is 4.92. The minimum atomic E-state index is -0.341. The molecule has 2 aromatic rings. The molecule has 0 bridgehead atoms. The fraction of sp³-hybridized carbons (Fsp3) is 0.286. The van der Waals surface area contributed by atoms with Crippen LogP contribution in [-0.2, 0) is 4.79 Å². The van der Waals surface area contributed by atoms with Crippen molar-refractivity contribution in [3.8, 4) is 11.5 Å². The van der Waals surface area contributed by atoms with Crippen molar-refractivity contribution in [1.29, 1.82) is 0 Å². The topological polar surface area (TPSA) is 71.4 Å². The first kappa shape index (κ1) is 18.0. The average molecular weight is 379 g/mol. The van der Waals surface area contributed by atoms with E-state index in [-0.39, 0.29) is 30.3 Å². The lowest BCUT2D eigenvalue weighted by Gasteiger charge is -2.39. The van der Waals surface area contributed by atoms with Crippen LogP contribution >= 0.6 is 0 Å². The van der Waals surface area contributed by atoms with Gasteiger partial charge in [0.2, 0.25) is 5.91 Å². The number of hydrogen-bond donors (Lipinski definition) is 0. The highest BCUT2D eigenvalue weighted by molar-refractivity contribution is 6.25. The van der Waals surface area contributed by atoms with Crippen LogP contribution in [0.3, 0.4) is 0 Å². The summed E-state index contributed by atoms with van der Waals surface area (Å²) in [5, 5.41) is 0. The Morgan fingerprint density at radius 3 is 2.07 bits per heavy atom. The molecule has 2 aliphatic heterocycles. The molecule has 2 aromatic carbocycles. The van der Waals surface area contributed by atoms with Gasteiger partial charge in [-0.1, -0.05) is 12.1 Å². The molecule has 144 valence electrons. The smallest absolute Gasteiger partial charge is 0.345 e. The van der Waals surface area contributed by atoms with Crippen molar-refractivity contribution in [3.05, 3.63) is 54.1 Å². The van der Waals surface area contributed by atoms with Gasteiger partial charge in [0.15, 0.2) is 0 Å². The zero-order valence-electron chi connectivity index (χ0n) is 16.0. The Bertz CT molecular complexity index is 937. The molecule has 0 spiro atoms. The molecule has 0 N–H and O–H groups in total. The number of nitrogens with zero attached hydrogens (tertiary/aromatic N) is 3. The maximum absolute atomic E-state index is 13.1. The number of likely N-dealkylation sites (N-methyl/N-ethyl adjacent to an activating group) is 1. The number of hydrogen-bond acceptors (Lipinski definition) is 4. The Balaban J connectivity index is 1.73. The fourth-order valence-corrected chi connectivity index (χ4v) is 3.84. The van der Waals surface area contributed by atoms with Crippen molar-refractivity contribution < 1.29 is 19.1 Å². The molecule has 0 saturated carbocycles. The lowest BCUT2D eigenvalue weighted by Crippen LogP contribution is -2.54. The van der Waals surface area contributed by atoms with Gasteiger partial charge in [0.05, 0.1) is 25.9 Å². The number of urea groups is 1. The number of carbonyl (C=O) groups excluding carboxylic acids is 2. The van der Waals surface area contributed by atoms with Gasteiger partial charge in [0.25, 0.3) is 0 Å². The summed E-state index contributed by atoms with van der Waals surface area (Å²) >= 11 is 0. The van der Waals surface area contributed by atoms with E-state index in [2.05, 4.69) is 4.99 Å². The van der Waals surface area contributed by atoms with E-state index in [9.17, 15) is 9.59 Å². The highest BCUT2D eigenvalue weighted by Crippen LogP contribution is 2.38. The minimum Gasteiger partial charge on any atom is -0.497 e. The van der Waals surface area contributed by atoms with E-state index in [0.717, 1.165) is 11.3 Å². The molecule has 0 aromatic heterocycles. The van der Waals surface area contributed by atoms with Crippen LogP contribution in [-0.4, -0.2) is 50.0 Å². The molecule has 1 saturated heterocycles. The third-order valence-corrected chi connectivity index (χ3v) is 5.32. The molecule has 3 amide bonds. The van der Waals surface area contributed by atoms with Gasteiger partial charge in [-0.05, 0) is 42.0 Å². The largest absolute Gasteiger partial charge is 0.497 e. The third kappa shape index (κ3) is 2.89. The summed E-state index contributed by atoms with van der Waals surface area (Å²) in [6.07, 6.45) is 0.277. The molecular weight excluding hydrogens is 358 g/mol. The Hall–Kier alpha value is -3.35. The molecule has 7 heteroatoms. The van der Waals surface area contributed by atoms with Crippen LogP contribution in [0.2, 0.25) is 0 Å². The summed E-state index contributed by atoms with van der Waals surface area (Å²) < 4.78 is 10.4. The van der Waals surface area contributed by atoms with Crippen molar-refractivity contribution in [1.82, 2.24) is 4.90 Å². The molecule has 0 radical (unpaired) electrons. The van der Waals surface area contributed by atoms with Crippen LogP contribution in [0.5, 0.6) is 11.5 Å². The van der Waals surface area contributed by atoms with Crippen LogP contribution in [0.4, 0.5) is 10.5 Å². The van der Waals surface area contributed by atoms with Crippen LogP contribution in [0, 0.1) is 0 Å². The van der Waals surface area contributed by atoms with E-state index in [1.54, 1.807) is 55.3 Å². The molecular formula is C21H21N3O4. The summed E-state index contributed by atoms with van der Waals surface area (Å²) in [6, 6.07) is 14.1. The van der Waals surface area contributed by atoms with Crippen LogP contribution in [0.15, 0.2) is 53.5 Å². The number of aliphatic imine (C=N–C) groups is 1. The van der Waals surface area contributed by atoms with E-state index in [1.165, 1.54) is 0 Å². The van der Waals surface area contributed by atoms with Gasteiger partial charge in [0.1, 0.15) is 17.3 Å². The second kappa shape index (κ2) is 6.99. The fourth-order valence-electron chi connectivity index (χ4n) is 3.84. The molecule has 0 aliphatic carbocycles. The number of rotatable bonds is 4. The first-order valence-corrected chi connectivity index (χ1v) is 9.00. The SMILES string of the molecule is COc1ccc([C@@H]2CC(=O)N(c3ccc(OC)cc3)C3=NC(=O)N(C)[C@@H]32)cc1. The normalized spacial score (nSPS) is 21.5. The summed E-state index contributed by atoms with van der Waals surface area (Å²) in [5.41, 5.74) is 1.65. The van der Waals surface area contributed by atoms with Gasteiger partial charge in [0, 0.05) is 19.4 Å². The predicted molar refractivity (Wildman–Crippen MR) is 105 cm³/mol. The summed E-state index contributed by atoms with van der Waals surface area (Å²) in [5.74, 6) is 1.65. The molecule has 2 heterocycles. The van der Waals surface area contributed by atoms with E-state index < -0.39 is 0 Å². The molecule has 0 unspecified atom stereocenters. The zero-order chi connectivity index (χ0) is 19.8. The van der Waals surface area contributed by atoms with E-state index in [0.29, 0.717) is 17.3 Å². The average Bonchev–Trinajstić information content (AvgIpc) is 3.02. The molecule has 4 rings (SSSR count). The number of anilines is 1. The van der Waals surface area contributed by atoms with E-state index in [4.69, 9.17) is 9.47 Å². The van der Waals surface area contributed by atoms with Gasteiger partial charge >= 0.3 is 6.03 Å². The van der Waals surface area contributed by atoms with Crippen molar-refractivity contribution in [3.63, 3.8) is 0 Å². The maximum atomic E-state index is 13.1. The Kier molecular flexibility index (Phi) is 4.50. The number of piperidine rings is 1. The predicted octanol–water partition coefficient (Wildman–Crippen LogP) is 3.06. The second-order valence-corrected chi connectivity index (χ2v) is 6.82. The number of methoxy groups -OCH3 is 2. The molecule has 28 heavy (non-hydrogen) atoms. The second-order valence-electron chi connectivity index (χ2n) is 6.82. The third-order valence-electron chi connectivity index (χ3n) is 5.32. The Morgan fingerprint density at radius 2 is 1.50 bits per heavy atom. The zero-order valence-corrected chi connectivity index (χ0v) is 16.0. The highest BCUT2D eigenvalue weighted by atomic mass is 16.5. The highest BCUT2D eigenvalue weighted by Gasteiger charge is 2.48. The molecule has 2 aliphatic rings. The number of amides is 3. The number of amidine groups is 1. The van der Waals surface area contributed by atoms with Crippen LogP contribution in [0.25, 0.3) is 0 Å². The van der Waals surface area contributed by atoms with Gasteiger partial charge in [-0.15, -0.1) is 0 Å². The minimum absolute atomic E-state index is 0.0934. The molecule has 2 atom stereocenters.